The fourth-order valence-electron chi connectivity index (χ4n) is 2.66. The number of hydrogen-bond donors (Lipinski definition) is 1. The van der Waals surface area contributed by atoms with Crippen molar-refractivity contribution >= 4 is 46.2 Å². The highest BCUT2D eigenvalue weighted by Gasteiger charge is 2.24. The minimum atomic E-state index is -0.185. The van der Waals surface area contributed by atoms with E-state index < -0.39 is 0 Å². The predicted octanol–water partition coefficient (Wildman–Crippen LogP) is 5.73. The monoisotopic (exact) mass is 430 g/mol. The van der Waals surface area contributed by atoms with Gasteiger partial charge in [-0.05, 0) is 66.6 Å². The van der Waals surface area contributed by atoms with Gasteiger partial charge in [0.15, 0.2) is 16.7 Å². The standard InChI is InChI=1S/C22H23ClN2O3S/c1-4-5-10-28-18-9-7-15(11-19(18)27-3)12-20-21(26)25-22(29-20)24-17-13-16(23)8-6-14(17)2/h6-9,11-13H,4-5,10H2,1-3H3,(H,24,25,26)/b20-12-. The molecule has 1 heterocycles. The zero-order valence-electron chi connectivity index (χ0n) is 16.6. The van der Waals surface area contributed by atoms with Crippen molar-refractivity contribution in [2.45, 2.75) is 26.7 Å². The second kappa shape index (κ2) is 9.85. The maximum absolute atomic E-state index is 12.4. The van der Waals surface area contributed by atoms with Crippen LogP contribution in [-0.2, 0) is 4.79 Å². The summed E-state index contributed by atoms with van der Waals surface area (Å²) in [5, 5.41) is 3.93. The maximum Gasteiger partial charge on any atom is 0.264 e. The summed E-state index contributed by atoms with van der Waals surface area (Å²) in [4.78, 5) is 17.5. The normalized spacial score (nSPS) is 16.3. The fourth-order valence-corrected chi connectivity index (χ4v) is 3.67. The molecule has 5 nitrogen and oxygen atoms in total. The van der Waals surface area contributed by atoms with Gasteiger partial charge in [0, 0.05) is 5.02 Å². The van der Waals surface area contributed by atoms with Crippen molar-refractivity contribution in [3.8, 4) is 11.5 Å². The average molecular weight is 431 g/mol. The van der Waals surface area contributed by atoms with Gasteiger partial charge in [-0.1, -0.05) is 37.1 Å². The third kappa shape index (κ3) is 5.55. The van der Waals surface area contributed by atoms with Gasteiger partial charge in [0.1, 0.15) is 0 Å². The van der Waals surface area contributed by atoms with E-state index in [1.54, 1.807) is 13.2 Å². The second-order valence-electron chi connectivity index (χ2n) is 6.52. The van der Waals surface area contributed by atoms with Crippen LogP contribution in [0.1, 0.15) is 30.9 Å². The van der Waals surface area contributed by atoms with Gasteiger partial charge >= 0.3 is 0 Å². The maximum atomic E-state index is 12.4. The third-order valence-corrected chi connectivity index (χ3v) is 5.43. The molecule has 2 aromatic rings. The van der Waals surface area contributed by atoms with E-state index in [0.29, 0.717) is 33.2 Å². The van der Waals surface area contributed by atoms with Gasteiger partial charge in [0.05, 0.1) is 24.3 Å². The summed E-state index contributed by atoms with van der Waals surface area (Å²) < 4.78 is 11.2. The molecule has 1 aliphatic heterocycles. The first-order chi connectivity index (χ1) is 14.0. The number of nitrogens with zero attached hydrogens (tertiary/aromatic N) is 1. The molecule has 0 spiro atoms. The van der Waals surface area contributed by atoms with E-state index in [2.05, 4.69) is 17.2 Å². The number of amides is 1. The van der Waals surface area contributed by atoms with Crippen LogP contribution < -0.4 is 14.8 Å². The molecule has 0 radical (unpaired) electrons. The molecule has 29 heavy (non-hydrogen) atoms. The van der Waals surface area contributed by atoms with Crippen LogP contribution >= 0.6 is 23.4 Å². The molecule has 1 saturated heterocycles. The van der Waals surface area contributed by atoms with E-state index in [1.807, 2.05) is 43.3 Å². The molecule has 152 valence electrons. The van der Waals surface area contributed by atoms with Crippen molar-refractivity contribution in [1.82, 2.24) is 5.32 Å². The summed E-state index contributed by atoms with van der Waals surface area (Å²) in [6.45, 7) is 4.71. The number of hydrogen-bond acceptors (Lipinski definition) is 5. The molecule has 1 aliphatic rings. The summed E-state index contributed by atoms with van der Waals surface area (Å²) in [6.07, 6.45) is 3.86. The predicted molar refractivity (Wildman–Crippen MR) is 120 cm³/mol. The zero-order chi connectivity index (χ0) is 20.8. The number of aryl methyl sites for hydroxylation is 1. The first-order valence-electron chi connectivity index (χ1n) is 9.36. The van der Waals surface area contributed by atoms with Gasteiger partial charge in [-0.15, -0.1) is 0 Å². The topological polar surface area (TPSA) is 59.9 Å². The summed E-state index contributed by atoms with van der Waals surface area (Å²) >= 11 is 7.34. The van der Waals surface area contributed by atoms with Crippen molar-refractivity contribution in [3.05, 3.63) is 57.5 Å². The van der Waals surface area contributed by atoms with Crippen LogP contribution in [0.25, 0.3) is 6.08 Å². The van der Waals surface area contributed by atoms with Gasteiger partial charge < -0.3 is 14.8 Å². The van der Waals surface area contributed by atoms with Crippen LogP contribution in [0.15, 0.2) is 46.3 Å². The summed E-state index contributed by atoms with van der Waals surface area (Å²) in [6, 6.07) is 11.1. The first-order valence-corrected chi connectivity index (χ1v) is 10.6. The Hall–Kier alpha value is -2.44. The lowest BCUT2D eigenvalue weighted by Crippen LogP contribution is -2.19. The second-order valence-corrected chi connectivity index (χ2v) is 7.99. The summed E-state index contributed by atoms with van der Waals surface area (Å²) in [5.74, 6) is 1.16. The number of carbonyl (C=O) groups is 1. The van der Waals surface area contributed by atoms with Crippen molar-refractivity contribution in [1.29, 1.82) is 0 Å². The number of carbonyl (C=O) groups excluding carboxylic acids is 1. The highest BCUT2D eigenvalue weighted by Crippen LogP contribution is 2.33. The summed E-state index contributed by atoms with van der Waals surface area (Å²) in [5.41, 5.74) is 2.57. The zero-order valence-corrected chi connectivity index (χ0v) is 18.2. The number of unbranched alkanes of at least 4 members (excludes halogenated alkanes) is 1. The van der Waals surface area contributed by atoms with Crippen molar-refractivity contribution in [3.63, 3.8) is 0 Å². The van der Waals surface area contributed by atoms with Crippen molar-refractivity contribution in [2.24, 2.45) is 4.99 Å². The molecule has 0 aromatic heterocycles. The molecule has 1 fully saturated rings. The quantitative estimate of drug-likeness (QED) is 0.450. The Labute approximate surface area is 180 Å². The Balaban J connectivity index is 1.79. The fraction of sp³-hybridized carbons (Fsp3) is 0.273. The molecule has 0 atom stereocenters. The molecule has 1 N–H and O–H groups in total. The molecular formula is C22H23ClN2O3S. The van der Waals surface area contributed by atoms with Gasteiger partial charge in [-0.25, -0.2) is 4.99 Å². The van der Waals surface area contributed by atoms with Crippen LogP contribution in [0, 0.1) is 6.92 Å². The Kier molecular flexibility index (Phi) is 7.23. The Morgan fingerprint density at radius 1 is 1.21 bits per heavy atom. The SMILES string of the molecule is CCCCOc1ccc(/C=C2\SC(=Nc3cc(Cl)ccc3C)NC2=O)cc1OC. The number of halogens is 1. The van der Waals surface area contributed by atoms with E-state index in [9.17, 15) is 4.79 Å². The average Bonchev–Trinajstić information content (AvgIpc) is 3.04. The molecule has 0 bridgehead atoms. The number of amidine groups is 1. The minimum Gasteiger partial charge on any atom is -0.493 e. The van der Waals surface area contributed by atoms with Gasteiger partial charge in [-0.2, -0.15) is 0 Å². The molecule has 0 unspecified atom stereocenters. The number of nitrogens with one attached hydrogen (secondary N) is 1. The molecule has 1 amide bonds. The molecule has 2 aromatic carbocycles. The van der Waals surface area contributed by atoms with Crippen molar-refractivity contribution < 1.29 is 14.3 Å². The Morgan fingerprint density at radius 2 is 2.03 bits per heavy atom. The van der Waals surface area contributed by atoms with Crippen LogP contribution in [0.4, 0.5) is 5.69 Å². The van der Waals surface area contributed by atoms with Crippen LogP contribution in [0.3, 0.4) is 0 Å². The molecule has 7 heteroatoms. The van der Waals surface area contributed by atoms with Gasteiger partial charge in [0.2, 0.25) is 0 Å². The number of rotatable bonds is 7. The van der Waals surface area contributed by atoms with E-state index in [4.69, 9.17) is 21.1 Å². The highest BCUT2D eigenvalue weighted by molar-refractivity contribution is 8.18. The largest absolute Gasteiger partial charge is 0.493 e. The number of methoxy groups -OCH3 is 1. The van der Waals surface area contributed by atoms with Crippen LogP contribution in [0.2, 0.25) is 5.02 Å². The Morgan fingerprint density at radius 3 is 2.79 bits per heavy atom. The number of benzene rings is 2. The molecule has 0 aliphatic carbocycles. The molecule has 3 rings (SSSR count). The number of ether oxygens (including phenoxy) is 2. The third-order valence-electron chi connectivity index (χ3n) is 4.28. The first kappa shape index (κ1) is 21.3. The Bertz CT molecular complexity index is 973. The summed E-state index contributed by atoms with van der Waals surface area (Å²) in [7, 11) is 1.61. The van der Waals surface area contributed by atoms with Crippen molar-refractivity contribution in [2.75, 3.05) is 13.7 Å². The highest BCUT2D eigenvalue weighted by atomic mass is 35.5. The van der Waals surface area contributed by atoms with Gasteiger partial charge in [-0.3, -0.25) is 4.79 Å². The lowest BCUT2D eigenvalue weighted by molar-refractivity contribution is -0.115. The number of thioether (sulfide) groups is 1. The van der Waals surface area contributed by atoms with E-state index >= 15 is 0 Å². The van der Waals surface area contributed by atoms with E-state index in [0.717, 1.165) is 29.7 Å². The van der Waals surface area contributed by atoms with Crippen LogP contribution in [-0.4, -0.2) is 24.8 Å². The van der Waals surface area contributed by atoms with Crippen LogP contribution in [0.5, 0.6) is 11.5 Å². The van der Waals surface area contributed by atoms with E-state index in [-0.39, 0.29) is 5.91 Å². The van der Waals surface area contributed by atoms with Gasteiger partial charge in [0.25, 0.3) is 5.91 Å². The minimum absolute atomic E-state index is 0.185. The lowest BCUT2D eigenvalue weighted by Gasteiger charge is -2.11. The lowest BCUT2D eigenvalue weighted by atomic mass is 10.2. The molecular weight excluding hydrogens is 408 g/mol. The van der Waals surface area contributed by atoms with E-state index in [1.165, 1.54) is 11.8 Å². The smallest absolute Gasteiger partial charge is 0.264 e. The molecule has 0 saturated carbocycles. The number of aliphatic imine (C=N–C) groups is 1.